The van der Waals surface area contributed by atoms with Crippen LogP contribution in [0.25, 0.3) is 5.69 Å². The van der Waals surface area contributed by atoms with Gasteiger partial charge in [-0.2, -0.15) is 5.10 Å². The fraction of sp³-hybridized carbons (Fsp3) is 0.333. The standard InChI is InChI=1S/C24H30N6O2/c1-4-17-6-5-7-22(30(26)24(31)28(3)25)20(17)15-32-23-11-10-19(14-16(23)2)29-13-12-21(27-29)18-8-9-18/h5-7,10-14,18H,4,8-9,15,25-26H2,1-3H3. The molecule has 1 aliphatic rings. The average molecular weight is 435 g/mol. The molecular weight excluding hydrogens is 404 g/mol. The topological polar surface area (TPSA) is 103 Å². The highest BCUT2D eigenvalue weighted by atomic mass is 16.5. The predicted molar refractivity (Wildman–Crippen MR) is 124 cm³/mol. The number of carbonyl (C=O) groups excluding carboxylic acids is 1. The minimum Gasteiger partial charge on any atom is -0.489 e. The maximum Gasteiger partial charge on any atom is 0.352 e. The van der Waals surface area contributed by atoms with Crippen LogP contribution in [0.15, 0.2) is 48.7 Å². The van der Waals surface area contributed by atoms with Crippen LogP contribution in [-0.4, -0.2) is 27.9 Å². The summed E-state index contributed by atoms with van der Waals surface area (Å²) in [6.07, 6.45) is 5.26. The molecule has 0 spiro atoms. The molecule has 0 unspecified atom stereocenters. The average Bonchev–Trinajstić information content (AvgIpc) is 3.53. The summed E-state index contributed by atoms with van der Waals surface area (Å²) in [7, 11) is 1.46. The van der Waals surface area contributed by atoms with Gasteiger partial charge in [-0.1, -0.05) is 19.1 Å². The normalized spacial score (nSPS) is 13.2. The molecular formula is C24H30N6O2. The SMILES string of the molecule is CCc1cccc(N(N)C(=O)N(C)N)c1COc1ccc(-n2ccc(C3CC3)n2)cc1C. The second kappa shape index (κ2) is 9.02. The number of urea groups is 1. The van der Waals surface area contributed by atoms with Crippen LogP contribution in [0, 0.1) is 6.92 Å². The molecule has 4 N–H and O–H groups in total. The van der Waals surface area contributed by atoms with E-state index in [1.807, 2.05) is 42.1 Å². The summed E-state index contributed by atoms with van der Waals surface area (Å²) in [5, 5.41) is 6.71. The Hall–Kier alpha value is -3.36. The monoisotopic (exact) mass is 434 g/mol. The van der Waals surface area contributed by atoms with Crippen molar-refractivity contribution in [3.05, 3.63) is 71.0 Å². The summed E-state index contributed by atoms with van der Waals surface area (Å²) < 4.78 is 8.09. The van der Waals surface area contributed by atoms with Crippen LogP contribution in [0.1, 0.15) is 48.1 Å². The van der Waals surface area contributed by atoms with Crippen molar-refractivity contribution in [2.24, 2.45) is 11.7 Å². The van der Waals surface area contributed by atoms with Gasteiger partial charge in [-0.15, -0.1) is 0 Å². The third kappa shape index (κ3) is 4.46. The predicted octanol–water partition coefficient (Wildman–Crippen LogP) is 3.81. The van der Waals surface area contributed by atoms with Crippen molar-refractivity contribution >= 4 is 11.7 Å². The lowest BCUT2D eigenvalue weighted by molar-refractivity contribution is 0.216. The lowest BCUT2D eigenvalue weighted by Gasteiger charge is -2.24. The summed E-state index contributed by atoms with van der Waals surface area (Å²) in [6, 6.07) is 13.3. The molecule has 1 saturated carbocycles. The summed E-state index contributed by atoms with van der Waals surface area (Å²) >= 11 is 0. The molecule has 1 fully saturated rings. The molecule has 32 heavy (non-hydrogen) atoms. The first-order chi connectivity index (χ1) is 15.4. The molecule has 1 heterocycles. The quantitative estimate of drug-likeness (QED) is 0.334. The number of aromatic nitrogens is 2. The van der Waals surface area contributed by atoms with Gasteiger partial charge in [0.1, 0.15) is 12.4 Å². The number of aryl methyl sites for hydroxylation is 2. The fourth-order valence-electron chi connectivity index (χ4n) is 3.78. The van der Waals surface area contributed by atoms with Crippen LogP contribution in [0.5, 0.6) is 5.75 Å². The third-order valence-corrected chi connectivity index (χ3v) is 5.80. The first-order valence-corrected chi connectivity index (χ1v) is 10.9. The maximum absolute atomic E-state index is 12.3. The van der Waals surface area contributed by atoms with Crippen LogP contribution in [0.4, 0.5) is 10.5 Å². The van der Waals surface area contributed by atoms with Crippen LogP contribution in [0.2, 0.25) is 0 Å². The Morgan fingerprint density at radius 1 is 1.22 bits per heavy atom. The number of benzene rings is 2. The summed E-state index contributed by atoms with van der Waals surface area (Å²) in [5.74, 6) is 13.1. The zero-order valence-electron chi connectivity index (χ0n) is 18.8. The second-order valence-corrected chi connectivity index (χ2v) is 8.23. The fourth-order valence-corrected chi connectivity index (χ4v) is 3.78. The van der Waals surface area contributed by atoms with E-state index in [4.69, 9.17) is 21.5 Å². The van der Waals surface area contributed by atoms with E-state index < -0.39 is 6.03 Å². The van der Waals surface area contributed by atoms with Gasteiger partial charge in [-0.25, -0.2) is 26.2 Å². The van der Waals surface area contributed by atoms with E-state index in [9.17, 15) is 4.79 Å². The Morgan fingerprint density at radius 3 is 2.66 bits per heavy atom. The van der Waals surface area contributed by atoms with Crippen molar-refractivity contribution in [2.75, 3.05) is 12.1 Å². The summed E-state index contributed by atoms with van der Waals surface area (Å²) in [5.41, 5.74) is 5.66. The number of anilines is 1. The zero-order valence-corrected chi connectivity index (χ0v) is 18.8. The Morgan fingerprint density at radius 2 is 2.00 bits per heavy atom. The van der Waals surface area contributed by atoms with Crippen LogP contribution < -0.4 is 21.4 Å². The Bertz CT molecular complexity index is 1120. The molecule has 2 aromatic carbocycles. The highest BCUT2D eigenvalue weighted by Crippen LogP contribution is 2.39. The number of hydrogen-bond acceptors (Lipinski definition) is 5. The number of ether oxygens (including phenoxy) is 1. The highest BCUT2D eigenvalue weighted by Gasteiger charge is 2.26. The minimum atomic E-state index is -0.509. The lowest BCUT2D eigenvalue weighted by Crippen LogP contribution is -2.49. The molecule has 0 radical (unpaired) electrons. The number of hydrazine groups is 2. The first-order valence-electron chi connectivity index (χ1n) is 10.9. The van der Waals surface area contributed by atoms with Crippen LogP contribution in [-0.2, 0) is 13.0 Å². The number of nitrogens with two attached hydrogens (primary N) is 2. The number of rotatable bonds is 7. The van der Waals surface area contributed by atoms with Gasteiger partial charge in [-0.3, -0.25) is 5.01 Å². The van der Waals surface area contributed by atoms with Crippen molar-refractivity contribution in [1.82, 2.24) is 14.8 Å². The van der Waals surface area contributed by atoms with Gasteiger partial charge in [0.15, 0.2) is 0 Å². The van der Waals surface area contributed by atoms with Crippen molar-refractivity contribution in [3.63, 3.8) is 0 Å². The van der Waals surface area contributed by atoms with E-state index in [0.29, 0.717) is 11.6 Å². The molecule has 1 aliphatic carbocycles. The lowest BCUT2D eigenvalue weighted by atomic mass is 10.0. The Labute approximate surface area is 188 Å². The Kier molecular flexibility index (Phi) is 6.16. The number of nitrogens with zero attached hydrogens (tertiary/aromatic N) is 4. The zero-order chi connectivity index (χ0) is 22.8. The molecule has 168 valence electrons. The van der Waals surface area contributed by atoms with Crippen molar-refractivity contribution in [3.8, 4) is 11.4 Å². The van der Waals surface area contributed by atoms with Crippen LogP contribution in [0.3, 0.4) is 0 Å². The number of hydrogen-bond donors (Lipinski definition) is 2. The molecule has 2 amide bonds. The highest BCUT2D eigenvalue weighted by molar-refractivity contribution is 5.91. The van der Waals surface area contributed by atoms with E-state index in [1.165, 1.54) is 19.9 Å². The van der Waals surface area contributed by atoms with Gasteiger partial charge in [0.05, 0.1) is 17.1 Å². The third-order valence-electron chi connectivity index (χ3n) is 5.80. The largest absolute Gasteiger partial charge is 0.489 e. The van der Waals surface area contributed by atoms with Gasteiger partial charge in [0, 0.05) is 24.7 Å². The molecule has 8 nitrogen and oxygen atoms in total. The van der Waals surface area contributed by atoms with Crippen LogP contribution >= 0.6 is 0 Å². The second-order valence-electron chi connectivity index (χ2n) is 8.23. The van der Waals surface area contributed by atoms with Gasteiger partial charge in [-0.05, 0) is 67.6 Å². The molecule has 0 aliphatic heterocycles. The van der Waals surface area contributed by atoms with Crippen molar-refractivity contribution < 1.29 is 9.53 Å². The van der Waals surface area contributed by atoms with Crippen molar-refractivity contribution in [2.45, 2.75) is 45.6 Å². The van der Waals surface area contributed by atoms with E-state index in [2.05, 4.69) is 19.1 Å². The molecule has 4 rings (SSSR count). The molecule has 0 saturated heterocycles. The van der Waals surface area contributed by atoms with E-state index >= 15 is 0 Å². The van der Waals surface area contributed by atoms with Gasteiger partial charge in [0.2, 0.25) is 0 Å². The summed E-state index contributed by atoms with van der Waals surface area (Å²) in [4.78, 5) is 12.3. The molecule has 8 heteroatoms. The molecule has 3 aromatic rings. The van der Waals surface area contributed by atoms with E-state index in [-0.39, 0.29) is 6.61 Å². The molecule has 0 bridgehead atoms. The maximum atomic E-state index is 12.3. The van der Waals surface area contributed by atoms with Gasteiger partial charge in [0.25, 0.3) is 0 Å². The minimum absolute atomic E-state index is 0.280. The van der Waals surface area contributed by atoms with E-state index in [0.717, 1.165) is 50.3 Å². The Balaban J connectivity index is 1.54. The first kappa shape index (κ1) is 21.9. The van der Waals surface area contributed by atoms with Gasteiger partial charge >= 0.3 is 6.03 Å². The molecule has 1 aromatic heterocycles. The summed E-state index contributed by atoms with van der Waals surface area (Å²) in [6.45, 7) is 4.35. The number of carbonyl (C=O) groups is 1. The molecule has 0 atom stereocenters. The van der Waals surface area contributed by atoms with E-state index in [1.54, 1.807) is 6.07 Å². The smallest absolute Gasteiger partial charge is 0.352 e. The van der Waals surface area contributed by atoms with Gasteiger partial charge < -0.3 is 4.74 Å². The number of amides is 2. The van der Waals surface area contributed by atoms with Crippen molar-refractivity contribution in [1.29, 1.82) is 0 Å².